The number of ether oxygens (including phenoxy) is 1. The van der Waals surface area contributed by atoms with Crippen molar-refractivity contribution in [2.75, 3.05) is 24.6 Å². The fraction of sp³-hybridized carbons (Fsp3) is 0.667. The Morgan fingerprint density at radius 2 is 2.37 bits per heavy atom. The van der Waals surface area contributed by atoms with Gasteiger partial charge in [-0.25, -0.2) is 4.98 Å². The van der Waals surface area contributed by atoms with Crippen molar-refractivity contribution in [1.82, 2.24) is 10.3 Å². The van der Waals surface area contributed by atoms with Gasteiger partial charge in [0.2, 0.25) is 0 Å². The maximum atomic E-state index is 5.71. The fourth-order valence-electron chi connectivity index (χ4n) is 2.56. The summed E-state index contributed by atoms with van der Waals surface area (Å²) in [4.78, 5) is 6.88. The molecule has 1 aromatic heterocycles. The highest BCUT2D eigenvalue weighted by Gasteiger charge is 2.22. The van der Waals surface area contributed by atoms with Gasteiger partial charge in [0.25, 0.3) is 0 Å². The van der Waals surface area contributed by atoms with E-state index in [0.29, 0.717) is 18.7 Å². The van der Waals surface area contributed by atoms with Crippen molar-refractivity contribution in [2.24, 2.45) is 0 Å². The van der Waals surface area contributed by atoms with Crippen LogP contribution in [-0.2, 0) is 0 Å². The van der Waals surface area contributed by atoms with Crippen LogP contribution in [0.2, 0.25) is 0 Å². The Kier molecular flexibility index (Phi) is 5.02. The lowest BCUT2D eigenvalue weighted by atomic mass is 10.2. The molecule has 0 radical (unpaired) electrons. The predicted molar refractivity (Wildman–Crippen MR) is 78.9 cm³/mol. The van der Waals surface area contributed by atoms with Crippen LogP contribution in [0.25, 0.3) is 0 Å². The molecule has 1 N–H and O–H groups in total. The third kappa shape index (κ3) is 3.60. The van der Waals surface area contributed by atoms with Crippen molar-refractivity contribution in [3.05, 3.63) is 18.3 Å². The van der Waals surface area contributed by atoms with Crippen LogP contribution in [0, 0.1) is 0 Å². The van der Waals surface area contributed by atoms with Crippen LogP contribution in [0.4, 0.5) is 5.82 Å². The van der Waals surface area contributed by atoms with Crippen LogP contribution >= 0.6 is 0 Å². The molecule has 19 heavy (non-hydrogen) atoms. The summed E-state index contributed by atoms with van der Waals surface area (Å²) in [6, 6.07) is 4.92. The molecule has 0 aromatic carbocycles. The van der Waals surface area contributed by atoms with E-state index >= 15 is 0 Å². The van der Waals surface area contributed by atoms with Crippen molar-refractivity contribution in [3.8, 4) is 5.75 Å². The number of anilines is 1. The molecule has 1 aliphatic rings. The van der Waals surface area contributed by atoms with E-state index < -0.39 is 0 Å². The van der Waals surface area contributed by atoms with Gasteiger partial charge < -0.3 is 15.0 Å². The van der Waals surface area contributed by atoms with Gasteiger partial charge in [0.15, 0.2) is 11.6 Å². The third-order valence-electron chi connectivity index (χ3n) is 3.53. The molecule has 4 heteroatoms. The summed E-state index contributed by atoms with van der Waals surface area (Å²) in [6.45, 7) is 9.23. The number of hydrogen-bond acceptors (Lipinski definition) is 4. The summed E-state index contributed by atoms with van der Waals surface area (Å²) in [5, 5.41) is 3.55. The van der Waals surface area contributed by atoms with E-state index in [2.05, 4.69) is 29.0 Å². The first-order chi connectivity index (χ1) is 9.22. The first kappa shape index (κ1) is 14.1. The zero-order chi connectivity index (χ0) is 13.7. The van der Waals surface area contributed by atoms with E-state index in [1.165, 1.54) is 12.8 Å². The lowest BCUT2D eigenvalue weighted by Gasteiger charge is -2.31. The van der Waals surface area contributed by atoms with Crippen LogP contribution in [0.5, 0.6) is 5.75 Å². The number of aromatic nitrogens is 1. The van der Waals surface area contributed by atoms with Gasteiger partial charge in [-0.05, 0) is 52.3 Å². The number of pyridine rings is 1. The van der Waals surface area contributed by atoms with E-state index in [0.717, 1.165) is 24.7 Å². The topological polar surface area (TPSA) is 37.4 Å². The summed E-state index contributed by atoms with van der Waals surface area (Å²) in [5.41, 5.74) is 0. The molecule has 4 nitrogen and oxygen atoms in total. The average Bonchev–Trinajstić information content (AvgIpc) is 2.90. The molecule has 2 rings (SSSR count). The number of hydrogen-bond donors (Lipinski definition) is 1. The van der Waals surface area contributed by atoms with Gasteiger partial charge in [0.05, 0.1) is 6.61 Å². The minimum absolute atomic E-state index is 0.413. The maximum Gasteiger partial charge on any atom is 0.171 e. The normalized spacial score (nSPS) is 18.8. The molecule has 0 spiro atoms. The molecular formula is C15H25N3O. The molecule has 1 atom stereocenters. The lowest BCUT2D eigenvalue weighted by molar-refractivity contribution is 0.338. The van der Waals surface area contributed by atoms with Gasteiger partial charge in [-0.1, -0.05) is 0 Å². The van der Waals surface area contributed by atoms with E-state index in [-0.39, 0.29) is 0 Å². The van der Waals surface area contributed by atoms with E-state index in [9.17, 15) is 0 Å². The summed E-state index contributed by atoms with van der Waals surface area (Å²) in [7, 11) is 0. The van der Waals surface area contributed by atoms with Crippen LogP contribution in [0.1, 0.15) is 33.6 Å². The Morgan fingerprint density at radius 1 is 1.53 bits per heavy atom. The summed E-state index contributed by atoms with van der Waals surface area (Å²) >= 11 is 0. The Balaban J connectivity index is 2.17. The van der Waals surface area contributed by atoms with Crippen molar-refractivity contribution in [3.63, 3.8) is 0 Å². The van der Waals surface area contributed by atoms with Gasteiger partial charge >= 0.3 is 0 Å². The zero-order valence-corrected chi connectivity index (χ0v) is 12.2. The SMILES string of the molecule is CCOc1cccnc1N(CC1CCCN1)C(C)C. The van der Waals surface area contributed by atoms with Crippen molar-refractivity contribution >= 4 is 5.82 Å². The maximum absolute atomic E-state index is 5.71. The van der Waals surface area contributed by atoms with Gasteiger partial charge in [-0.2, -0.15) is 0 Å². The molecule has 0 amide bonds. The molecule has 1 saturated heterocycles. The fourth-order valence-corrected chi connectivity index (χ4v) is 2.56. The molecule has 0 aliphatic carbocycles. The van der Waals surface area contributed by atoms with Gasteiger partial charge in [-0.15, -0.1) is 0 Å². The van der Waals surface area contributed by atoms with Gasteiger partial charge in [-0.3, -0.25) is 0 Å². The van der Waals surface area contributed by atoms with Crippen LogP contribution in [0.15, 0.2) is 18.3 Å². The third-order valence-corrected chi connectivity index (χ3v) is 3.53. The molecule has 106 valence electrons. The largest absolute Gasteiger partial charge is 0.490 e. The molecule has 1 aromatic rings. The minimum atomic E-state index is 0.413. The van der Waals surface area contributed by atoms with E-state index in [1.807, 2.05) is 25.3 Å². The summed E-state index contributed by atoms with van der Waals surface area (Å²) < 4.78 is 5.71. The Labute approximate surface area is 116 Å². The smallest absolute Gasteiger partial charge is 0.171 e. The second-order valence-corrected chi connectivity index (χ2v) is 5.30. The zero-order valence-electron chi connectivity index (χ0n) is 12.2. The van der Waals surface area contributed by atoms with Gasteiger partial charge in [0, 0.05) is 24.8 Å². The first-order valence-electron chi connectivity index (χ1n) is 7.30. The second kappa shape index (κ2) is 6.75. The first-order valence-corrected chi connectivity index (χ1v) is 7.30. The second-order valence-electron chi connectivity index (χ2n) is 5.30. The van der Waals surface area contributed by atoms with E-state index in [1.54, 1.807) is 0 Å². The Hall–Kier alpha value is -1.29. The van der Waals surface area contributed by atoms with Crippen LogP contribution in [-0.4, -0.2) is 36.8 Å². The average molecular weight is 263 g/mol. The monoisotopic (exact) mass is 263 g/mol. The Morgan fingerprint density at radius 3 is 3.00 bits per heavy atom. The summed E-state index contributed by atoms with van der Waals surface area (Å²) in [6.07, 6.45) is 4.37. The molecule has 1 unspecified atom stereocenters. The number of nitrogens with zero attached hydrogens (tertiary/aromatic N) is 2. The standard InChI is InChI=1S/C15H25N3O/c1-4-19-14-8-6-10-17-15(14)18(12(2)3)11-13-7-5-9-16-13/h6,8,10,12-13,16H,4-5,7,9,11H2,1-3H3. The molecule has 0 bridgehead atoms. The number of nitrogens with one attached hydrogen (secondary N) is 1. The highest BCUT2D eigenvalue weighted by molar-refractivity contribution is 5.52. The van der Waals surface area contributed by atoms with Crippen LogP contribution < -0.4 is 15.0 Å². The van der Waals surface area contributed by atoms with E-state index in [4.69, 9.17) is 4.74 Å². The quantitative estimate of drug-likeness (QED) is 0.855. The van der Waals surface area contributed by atoms with Crippen molar-refractivity contribution < 1.29 is 4.74 Å². The lowest BCUT2D eigenvalue weighted by Crippen LogP contribution is -2.42. The highest BCUT2D eigenvalue weighted by atomic mass is 16.5. The molecule has 0 saturated carbocycles. The molecule has 1 fully saturated rings. The minimum Gasteiger partial charge on any atom is -0.490 e. The number of rotatable bonds is 6. The van der Waals surface area contributed by atoms with Gasteiger partial charge in [0.1, 0.15) is 0 Å². The summed E-state index contributed by atoms with van der Waals surface area (Å²) in [5.74, 6) is 1.85. The molecule has 2 heterocycles. The molecular weight excluding hydrogens is 238 g/mol. The van der Waals surface area contributed by atoms with Crippen LogP contribution in [0.3, 0.4) is 0 Å². The molecule has 1 aliphatic heterocycles. The predicted octanol–water partition coefficient (Wildman–Crippen LogP) is 2.45. The Bertz CT molecular complexity index is 389. The van der Waals surface area contributed by atoms with Crippen molar-refractivity contribution in [1.29, 1.82) is 0 Å². The van der Waals surface area contributed by atoms with Crippen molar-refractivity contribution in [2.45, 2.75) is 45.7 Å². The highest BCUT2D eigenvalue weighted by Crippen LogP contribution is 2.27.